The van der Waals surface area contributed by atoms with Crippen LogP contribution in [0.4, 0.5) is 0 Å². The minimum atomic E-state index is 0.564. The summed E-state index contributed by atoms with van der Waals surface area (Å²) in [6.45, 7) is 0.719. The van der Waals surface area contributed by atoms with E-state index in [9.17, 15) is 0 Å². The quantitative estimate of drug-likeness (QED) is 0.723. The zero-order chi connectivity index (χ0) is 13.1. The Bertz CT molecular complexity index is 698. The summed E-state index contributed by atoms with van der Waals surface area (Å²) in [5.41, 5.74) is 5.54. The summed E-state index contributed by atoms with van der Waals surface area (Å²) >= 11 is 6.94. The van der Waals surface area contributed by atoms with Gasteiger partial charge in [-0.3, -0.25) is 0 Å². The van der Waals surface area contributed by atoms with Crippen LogP contribution in [0.1, 0.15) is 5.56 Å². The van der Waals surface area contributed by atoms with Gasteiger partial charge in [-0.2, -0.15) is 16.4 Å². The summed E-state index contributed by atoms with van der Waals surface area (Å²) in [4.78, 5) is 0. The molecule has 4 nitrogen and oxygen atoms in total. The molecule has 0 fully saturated rings. The first-order valence-corrected chi connectivity index (χ1v) is 7.17. The molecule has 0 aliphatic rings. The fourth-order valence-electron chi connectivity index (χ4n) is 1.79. The highest BCUT2D eigenvalue weighted by molar-refractivity contribution is 7.71. The summed E-state index contributed by atoms with van der Waals surface area (Å²) in [5.74, 6) is 0.792. The normalized spacial score (nSPS) is 10.5. The Morgan fingerprint density at radius 3 is 2.84 bits per heavy atom. The maximum Gasteiger partial charge on any atom is 0.214 e. The molecule has 0 amide bonds. The Balaban J connectivity index is 1.89. The van der Waals surface area contributed by atoms with E-state index >= 15 is 0 Å². The number of hydrogen-bond acceptors (Lipinski definition) is 4. The fourth-order valence-corrected chi connectivity index (χ4v) is 2.65. The minimum absolute atomic E-state index is 0.564. The molecule has 3 rings (SSSR count). The van der Waals surface area contributed by atoms with Crippen molar-refractivity contribution in [1.29, 1.82) is 0 Å². The average molecular weight is 288 g/mol. The van der Waals surface area contributed by atoms with E-state index in [4.69, 9.17) is 12.2 Å². The van der Waals surface area contributed by atoms with Gasteiger partial charge in [0, 0.05) is 5.56 Å². The molecule has 0 aliphatic heterocycles. The predicted molar refractivity (Wildman–Crippen MR) is 80.2 cm³/mol. The van der Waals surface area contributed by atoms with E-state index in [0.717, 1.165) is 17.9 Å². The van der Waals surface area contributed by atoms with Crippen molar-refractivity contribution < 1.29 is 0 Å². The van der Waals surface area contributed by atoms with Crippen LogP contribution in [0.25, 0.3) is 11.4 Å². The van der Waals surface area contributed by atoms with Crippen molar-refractivity contribution in [3.05, 3.63) is 57.5 Å². The maximum absolute atomic E-state index is 5.25. The fraction of sp³-hybridized carbons (Fsp3) is 0.0769. The van der Waals surface area contributed by atoms with Crippen LogP contribution in [0.2, 0.25) is 0 Å². The van der Waals surface area contributed by atoms with E-state index in [1.54, 1.807) is 11.3 Å². The van der Waals surface area contributed by atoms with E-state index in [0.29, 0.717) is 4.77 Å². The SMILES string of the molecule is S=c1[nH]nc(-c2ccccc2)n1NCc1ccsc1. The molecule has 0 saturated heterocycles. The van der Waals surface area contributed by atoms with Gasteiger partial charge in [0.15, 0.2) is 5.82 Å². The van der Waals surface area contributed by atoms with Gasteiger partial charge < -0.3 is 5.43 Å². The van der Waals surface area contributed by atoms with Crippen molar-refractivity contribution in [2.24, 2.45) is 0 Å². The number of aromatic amines is 1. The summed E-state index contributed by atoms with van der Waals surface area (Å²) < 4.78 is 2.37. The zero-order valence-electron chi connectivity index (χ0n) is 10.0. The molecule has 2 aromatic heterocycles. The Kier molecular flexibility index (Phi) is 3.43. The molecule has 3 aromatic rings. The number of rotatable bonds is 4. The van der Waals surface area contributed by atoms with Gasteiger partial charge in [-0.25, -0.2) is 9.77 Å². The van der Waals surface area contributed by atoms with E-state index in [1.807, 2.05) is 35.0 Å². The van der Waals surface area contributed by atoms with Crippen LogP contribution in [0.3, 0.4) is 0 Å². The first kappa shape index (κ1) is 12.1. The van der Waals surface area contributed by atoms with Crippen LogP contribution >= 0.6 is 23.6 Å². The first-order chi connectivity index (χ1) is 9.34. The van der Waals surface area contributed by atoms with Crippen molar-refractivity contribution in [2.75, 3.05) is 5.43 Å². The zero-order valence-corrected chi connectivity index (χ0v) is 11.7. The van der Waals surface area contributed by atoms with Crippen LogP contribution < -0.4 is 5.43 Å². The number of aromatic nitrogens is 3. The van der Waals surface area contributed by atoms with E-state index in [-0.39, 0.29) is 0 Å². The van der Waals surface area contributed by atoms with E-state index in [2.05, 4.69) is 32.4 Å². The molecule has 6 heteroatoms. The molecule has 2 heterocycles. The van der Waals surface area contributed by atoms with Crippen molar-refractivity contribution >= 4 is 23.6 Å². The summed E-state index contributed by atoms with van der Waals surface area (Å²) in [5, 5.41) is 11.3. The Morgan fingerprint density at radius 1 is 1.26 bits per heavy atom. The van der Waals surface area contributed by atoms with Crippen LogP contribution in [0.15, 0.2) is 47.2 Å². The molecule has 0 bridgehead atoms. The van der Waals surface area contributed by atoms with Crippen LogP contribution in [-0.4, -0.2) is 14.9 Å². The Hall–Kier alpha value is -1.92. The Morgan fingerprint density at radius 2 is 2.11 bits per heavy atom. The number of H-pyrrole nitrogens is 1. The predicted octanol–water partition coefficient (Wildman–Crippen LogP) is 3.41. The lowest BCUT2D eigenvalue weighted by Crippen LogP contribution is -2.15. The minimum Gasteiger partial charge on any atom is -0.317 e. The second-order valence-electron chi connectivity index (χ2n) is 4.02. The molecule has 0 unspecified atom stereocenters. The van der Waals surface area contributed by atoms with Gasteiger partial charge >= 0.3 is 0 Å². The molecule has 1 aromatic carbocycles. The average Bonchev–Trinajstić information content (AvgIpc) is 3.07. The van der Waals surface area contributed by atoms with Crippen LogP contribution in [0.5, 0.6) is 0 Å². The second kappa shape index (κ2) is 5.38. The molecule has 2 N–H and O–H groups in total. The van der Waals surface area contributed by atoms with Gasteiger partial charge in [-0.05, 0) is 34.6 Å². The molecular formula is C13H12N4S2. The van der Waals surface area contributed by atoms with Crippen LogP contribution in [0, 0.1) is 4.77 Å². The molecule has 0 saturated carbocycles. The lowest BCUT2D eigenvalue weighted by Gasteiger charge is -2.09. The smallest absolute Gasteiger partial charge is 0.214 e. The molecule has 0 atom stereocenters. The number of benzene rings is 1. The van der Waals surface area contributed by atoms with Gasteiger partial charge in [0.05, 0.1) is 6.54 Å². The Labute approximate surface area is 119 Å². The molecular weight excluding hydrogens is 276 g/mol. The summed E-state index contributed by atoms with van der Waals surface area (Å²) in [7, 11) is 0. The van der Waals surface area contributed by atoms with E-state index < -0.39 is 0 Å². The van der Waals surface area contributed by atoms with Gasteiger partial charge in [0.2, 0.25) is 4.77 Å². The maximum atomic E-state index is 5.25. The number of thiophene rings is 1. The van der Waals surface area contributed by atoms with Gasteiger partial charge in [0.25, 0.3) is 0 Å². The first-order valence-electron chi connectivity index (χ1n) is 5.82. The van der Waals surface area contributed by atoms with Crippen molar-refractivity contribution in [3.63, 3.8) is 0 Å². The summed E-state index contributed by atoms with van der Waals surface area (Å²) in [6, 6.07) is 12.0. The molecule has 96 valence electrons. The third-order valence-corrected chi connectivity index (χ3v) is 3.73. The van der Waals surface area contributed by atoms with Gasteiger partial charge in [-0.1, -0.05) is 30.3 Å². The topological polar surface area (TPSA) is 45.6 Å². The molecule has 0 spiro atoms. The largest absolute Gasteiger partial charge is 0.317 e. The van der Waals surface area contributed by atoms with Crippen molar-refractivity contribution in [2.45, 2.75) is 6.54 Å². The third kappa shape index (κ3) is 2.59. The number of nitrogens with zero attached hydrogens (tertiary/aromatic N) is 2. The number of hydrogen-bond donors (Lipinski definition) is 2. The highest BCUT2D eigenvalue weighted by Gasteiger charge is 2.07. The van der Waals surface area contributed by atoms with Gasteiger partial charge in [-0.15, -0.1) is 0 Å². The van der Waals surface area contributed by atoms with E-state index in [1.165, 1.54) is 5.56 Å². The van der Waals surface area contributed by atoms with Gasteiger partial charge in [0.1, 0.15) is 0 Å². The highest BCUT2D eigenvalue weighted by atomic mass is 32.1. The molecule has 0 aliphatic carbocycles. The lowest BCUT2D eigenvalue weighted by molar-refractivity contribution is 0.833. The second-order valence-corrected chi connectivity index (χ2v) is 5.19. The molecule has 19 heavy (non-hydrogen) atoms. The standard InChI is InChI=1S/C13H12N4S2/c18-13-16-15-12(11-4-2-1-3-5-11)17(13)14-8-10-6-7-19-9-10/h1-7,9,14H,8H2,(H,16,18). The third-order valence-electron chi connectivity index (χ3n) is 2.73. The monoisotopic (exact) mass is 288 g/mol. The highest BCUT2D eigenvalue weighted by Crippen LogP contribution is 2.15. The molecule has 0 radical (unpaired) electrons. The summed E-state index contributed by atoms with van der Waals surface area (Å²) in [6.07, 6.45) is 0. The van der Waals surface area contributed by atoms with Crippen molar-refractivity contribution in [1.82, 2.24) is 14.9 Å². The van der Waals surface area contributed by atoms with Crippen molar-refractivity contribution in [3.8, 4) is 11.4 Å². The van der Waals surface area contributed by atoms with Crippen LogP contribution in [-0.2, 0) is 6.54 Å². The lowest BCUT2D eigenvalue weighted by atomic mass is 10.2. The number of nitrogens with one attached hydrogen (secondary N) is 2.